The maximum absolute atomic E-state index is 12.9. The molecule has 1 N–H and O–H groups in total. The number of ether oxygens (including phenoxy) is 2. The molecule has 0 bridgehead atoms. The minimum absolute atomic E-state index is 0.0316. The molecular weight excluding hydrogens is 420 g/mol. The Bertz CT molecular complexity index is 1080. The zero-order valence-electron chi connectivity index (χ0n) is 18.4. The lowest BCUT2D eigenvalue weighted by Gasteiger charge is -2.35. The van der Waals surface area contributed by atoms with Crippen LogP contribution in [0.2, 0.25) is 0 Å². The molecule has 0 atom stereocenters. The maximum Gasteiger partial charge on any atom is 0.262 e. The highest BCUT2D eigenvalue weighted by molar-refractivity contribution is 5.97. The van der Waals surface area contributed by atoms with Crippen LogP contribution in [0.1, 0.15) is 10.4 Å². The molecule has 0 unspecified atom stereocenters. The summed E-state index contributed by atoms with van der Waals surface area (Å²) in [4.78, 5) is 33.4. The van der Waals surface area contributed by atoms with Gasteiger partial charge in [0.15, 0.2) is 6.61 Å². The van der Waals surface area contributed by atoms with Gasteiger partial charge in [-0.1, -0.05) is 30.3 Å². The zero-order valence-corrected chi connectivity index (χ0v) is 18.4. The third-order valence-corrected chi connectivity index (χ3v) is 5.37. The second-order valence-corrected chi connectivity index (χ2v) is 7.53. The molecule has 2 aromatic carbocycles. The molecule has 1 aliphatic heterocycles. The number of hydrogen-bond acceptors (Lipinski definition) is 6. The Labute approximate surface area is 192 Å². The van der Waals surface area contributed by atoms with Crippen molar-refractivity contribution in [1.82, 2.24) is 9.88 Å². The van der Waals surface area contributed by atoms with Crippen LogP contribution in [0.15, 0.2) is 72.9 Å². The van der Waals surface area contributed by atoms with Crippen molar-refractivity contribution in [3.05, 3.63) is 78.5 Å². The molecule has 4 rings (SSSR count). The van der Waals surface area contributed by atoms with Gasteiger partial charge >= 0.3 is 0 Å². The van der Waals surface area contributed by atoms with Crippen molar-refractivity contribution >= 4 is 23.3 Å². The number of carbonyl (C=O) groups excluding carboxylic acids is 2. The van der Waals surface area contributed by atoms with Crippen LogP contribution in [0.25, 0.3) is 0 Å². The highest BCUT2D eigenvalue weighted by Gasteiger charge is 2.24. The Balaban J connectivity index is 1.27. The van der Waals surface area contributed by atoms with Crippen molar-refractivity contribution in [3.63, 3.8) is 0 Å². The second kappa shape index (κ2) is 10.5. The van der Waals surface area contributed by atoms with Crippen LogP contribution in [0.4, 0.5) is 11.5 Å². The molecule has 33 heavy (non-hydrogen) atoms. The monoisotopic (exact) mass is 446 g/mol. The summed E-state index contributed by atoms with van der Waals surface area (Å²) in [6, 6.07) is 20.1. The van der Waals surface area contributed by atoms with Gasteiger partial charge < -0.3 is 24.6 Å². The number of para-hydroxylation sites is 2. The second-order valence-electron chi connectivity index (χ2n) is 7.53. The molecule has 170 valence electrons. The lowest BCUT2D eigenvalue weighted by Crippen LogP contribution is -2.49. The van der Waals surface area contributed by atoms with E-state index in [2.05, 4.69) is 15.2 Å². The molecule has 1 aliphatic rings. The van der Waals surface area contributed by atoms with Crippen LogP contribution >= 0.6 is 0 Å². The van der Waals surface area contributed by atoms with Crippen LogP contribution in [0.5, 0.6) is 11.5 Å². The number of hydrogen-bond donors (Lipinski definition) is 1. The highest BCUT2D eigenvalue weighted by atomic mass is 16.5. The Hall–Kier alpha value is -4.07. The van der Waals surface area contributed by atoms with Crippen LogP contribution < -0.4 is 19.7 Å². The van der Waals surface area contributed by atoms with Gasteiger partial charge in [-0.05, 0) is 36.4 Å². The fraction of sp³-hybridized carbons (Fsp3) is 0.240. The largest absolute Gasteiger partial charge is 0.496 e. The van der Waals surface area contributed by atoms with Crippen LogP contribution in [0.3, 0.4) is 0 Å². The smallest absolute Gasteiger partial charge is 0.262 e. The maximum atomic E-state index is 12.9. The number of pyridine rings is 1. The molecule has 1 saturated heterocycles. The number of aromatic nitrogens is 1. The van der Waals surface area contributed by atoms with E-state index in [1.54, 1.807) is 37.6 Å². The number of piperazine rings is 1. The van der Waals surface area contributed by atoms with E-state index in [9.17, 15) is 9.59 Å². The van der Waals surface area contributed by atoms with Gasteiger partial charge in [0.05, 0.1) is 24.6 Å². The average molecular weight is 447 g/mol. The first kappa shape index (κ1) is 22.1. The molecule has 1 aromatic heterocycles. The van der Waals surface area contributed by atoms with Gasteiger partial charge in [-0.3, -0.25) is 9.59 Å². The summed E-state index contributed by atoms with van der Waals surface area (Å²) in [5, 5.41) is 2.78. The van der Waals surface area contributed by atoms with Gasteiger partial charge in [0.2, 0.25) is 0 Å². The highest BCUT2D eigenvalue weighted by Crippen LogP contribution is 2.21. The van der Waals surface area contributed by atoms with Gasteiger partial charge in [-0.15, -0.1) is 0 Å². The summed E-state index contributed by atoms with van der Waals surface area (Å²) in [6.07, 6.45) is 1.63. The van der Waals surface area contributed by atoms with Crippen LogP contribution in [-0.2, 0) is 4.79 Å². The number of rotatable bonds is 7. The Morgan fingerprint density at radius 2 is 1.67 bits per heavy atom. The minimum Gasteiger partial charge on any atom is -0.496 e. The van der Waals surface area contributed by atoms with Crippen LogP contribution in [-0.4, -0.2) is 61.6 Å². The fourth-order valence-electron chi connectivity index (χ4n) is 3.64. The average Bonchev–Trinajstić information content (AvgIpc) is 2.88. The summed E-state index contributed by atoms with van der Waals surface area (Å²) < 4.78 is 10.8. The van der Waals surface area contributed by atoms with E-state index in [0.29, 0.717) is 48.9 Å². The predicted octanol–water partition coefficient (Wildman–Crippen LogP) is 3.07. The van der Waals surface area contributed by atoms with E-state index in [0.717, 1.165) is 5.82 Å². The van der Waals surface area contributed by atoms with Crippen molar-refractivity contribution in [3.8, 4) is 11.5 Å². The molecular formula is C25H26N4O4. The van der Waals surface area contributed by atoms with Crippen molar-refractivity contribution in [2.45, 2.75) is 0 Å². The topological polar surface area (TPSA) is 84.0 Å². The Morgan fingerprint density at radius 1 is 0.939 bits per heavy atom. The number of nitrogens with one attached hydrogen (secondary N) is 1. The molecule has 0 saturated carbocycles. The molecule has 8 heteroatoms. The van der Waals surface area contributed by atoms with Crippen molar-refractivity contribution < 1.29 is 19.1 Å². The third-order valence-electron chi connectivity index (χ3n) is 5.37. The van der Waals surface area contributed by atoms with Gasteiger partial charge in [-0.2, -0.15) is 0 Å². The SMILES string of the molecule is COc1ccccc1C(=O)N1CCN(c2ccc(NC(=O)COc3ccccc3)cn2)CC1. The van der Waals surface area contributed by atoms with Crippen molar-refractivity contribution in [1.29, 1.82) is 0 Å². The molecule has 2 heterocycles. The van der Waals surface area contributed by atoms with Crippen molar-refractivity contribution in [2.24, 2.45) is 0 Å². The molecule has 0 aliphatic carbocycles. The van der Waals surface area contributed by atoms with Gasteiger partial charge in [0.25, 0.3) is 11.8 Å². The molecule has 2 amide bonds. The fourth-order valence-corrected chi connectivity index (χ4v) is 3.64. The number of nitrogens with zero attached hydrogens (tertiary/aromatic N) is 3. The summed E-state index contributed by atoms with van der Waals surface area (Å²) in [5.74, 6) is 1.74. The van der Waals surface area contributed by atoms with E-state index in [-0.39, 0.29) is 18.4 Å². The van der Waals surface area contributed by atoms with Gasteiger partial charge in [0, 0.05) is 26.2 Å². The Kier molecular flexibility index (Phi) is 7.04. The molecule has 3 aromatic rings. The first-order valence-electron chi connectivity index (χ1n) is 10.7. The zero-order chi connectivity index (χ0) is 23.0. The van der Waals surface area contributed by atoms with E-state index < -0.39 is 0 Å². The number of methoxy groups -OCH3 is 1. The number of anilines is 2. The first-order valence-corrected chi connectivity index (χ1v) is 10.7. The van der Waals surface area contributed by atoms with E-state index in [1.807, 2.05) is 47.4 Å². The summed E-state index contributed by atoms with van der Waals surface area (Å²) >= 11 is 0. The van der Waals surface area contributed by atoms with E-state index in [1.165, 1.54) is 0 Å². The molecule has 8 nitrogen and oxygen atoms in total. The van der Waals surface area contributed by atoms with Gasteiger partial charge in [0.1, 0.15) is 17.3 Å². The molecule has 0 radical (unpaired) electrons. The lowest BCUT2D eigenvalue weighted by molar-refractivity contribution is -0.118. The summed E-state index contributed by atoms with van der Waals surface area (Å²) in [7, 11) is 1.57. The normalized spacial score (nSPS) is 13.4. The Morgan fingerprint density at radius 3 is 2.36 bits per heavy atom. The number of benzene rings is 2. The number of carbonyl (C=O) groups is 2. The van der Waals surface area contributed by atoms with Crippen LogP contribution in [0, 0.1) is 0 Å². The first-order chi connectivity index (χ1) is 16.1. The third kappa shape index (κ3) is 5.60. The quantitative estimate of drug-likeness (QED) is 0.601. The minimum atomic E-state index is -0.253. The number of amides is 2. The lowest BCUT2D eigenvalue weighted by atomic mass is 10.1. The molecule has 1 fully saturated rings. The summed E-state index contributed by atoms with van der Waals surface area (Å²) in [5.41, 5.74) is 1.17. The molecule has 0 spiro atoms. The van der Waals surface area contributed by atoms with E-state index in [4.69, 9.17) is 9.47 Å². The van der Waals surface area contributed by atoms with Gasteiger partial charge in [-0.25, -0.2) is 4.98 Å². The standard InChI is InChI=1S/C25H26N4O4/c1-32-22-10-6-5-9-21(22)25(31)29-15-13-28(14-16-29)23-12-11-19(17-26-23)27-24(30)18-33-20-7-3-2-4-8-20/h2-12,17H,13-16,18H2,1H3,(H,27,30). The predicted molar refractivity (Wildman–Crippen MR) is 126 cm³/mol. The summed E-state index contributed by atoms with van der Waals surface area (Å²) in [6.45, 7) is 2.45. The van der Waals surface area contributed by atoms with Crippen molar-refractivity contribution in [2.75, 3.05) is 50.1 Å². The van der Waals surface area contributed by atoms with E-state index >= 15 is 0 Å².